The number of carbonyl (C=O) groups is 2. The van der Waals surface area contributed by atoms with Crippen LogP contribution in [-0.2, 0) is 38.8 Å². The van der Waals surface area contributed by atoms with Crippen LogP contribution in [0, 0.1) is 11.8 Å². The lowest BCUT2D eigenvalue weighted by Gasteiger charge is -2.43. The normalized spacial score (nSPS) is 25.5. The minimum atomic E-state index is -3.46. The van der Waals surface area contributed by atoms with E-state index in [1.54, 1.807) is 19.2 Å². The topological polar surface area (TPSA) is 123 Å². The average molecular weight is 692 g/mol. The Morgan fingerprint density at radius 1 is 1.12 bits per heavy atom. The van der Waals surface area contributed by atoms with Gasteiger partial charge in [-0.05, 0) is 98.2 Å². The number of rotatable bonds is 4. The van der Waals surface area contributed by atoms with Crippen LogP contribution in [0.5, 0.6) is 5.75 Å². The highest BCUT2D eigenvalue weighted by Crippen LogP contribution is 2.42. The van der Waals surface area contributed by atoms with E-state index in [2.05, 4.69) is 42.2 Å². The van der Waals surface area contributed by atoms with E-state index < -0.39 is 21.7 Å². The molecule has 1 aliphatic carbocycles. The number of hydrogen-bond acceptors (Lipinski definition) is 8. The molecule has 1 aromatic heterocycles. The highest BCUT2D eigenvalue weighted by molar-refractivity contribution is 7.92. The molecule has 1 fully saturated rings. The van der Waals surface area contributed by atoms with Crippen LogP contribution in [0.15, 0.2) is 71.5 Å². The number of methoxy groups -OCH3 is 1. The summed E-state index contributed by atoms with van der Waals surface area (Å²) in [5.74, 6) is 0.190. The van der Waals surface area contributed by atoms with E-state index in [0.29, 0.717) is 54.3 Å². The van der Waals surface area contributed by atoms with E-state index in [-0.39, 0.29) is 23.8 Å². The summed E-state index contributed by atoms with van der Waals surface area (Å²) in [7, 11) is -1.72. The second-order valence-corrected chi connectivity index (χ2v) is 15.2. The smallest absolute Gasteiger partial charge is 0.286 e. The van der Waals surface area contributed by atoms with Gasteiger partial charge in [0.05, 0.1) is 36.3 Å². The molecule has 0 spiro atoms. The number of hydrogen-bond donors (Lipinski definition) is 1. The zero-order valence-electron chi connectivity index (χ0n) is 27.2. The number of ether oxygens (including phenoxy) is 2. The van der Waals surface area contributed by atoms with Gasteiger partial charge in [0.2, 0.25) is 5.91 Å². The van der Waals surface area contributed by atoms with E-state index in [1.807, 2.05) is 18.2 Å². The number of aromatic nitrogens is 2. The molecule has 10 nitrogen and oxygen atoms in total. The van der Waals surface area contributed by atoms with Gasteiger partial charge in [-0.2, -0.15) is 0 Å². The third-order valence-corrected chi connectivity index (χ3v) is 11.5. The number of carbonyl (C=O) groups excluding carboxylic acids is 2. The van der Waals surface area contributed by atoms with Crippen molar-refractivity contribution < 1.29 is 23.3 Å². The fourth-order valence-electron chi connectivity index (χ4n) is 6.72. The molecule has 1 N–H and O–H groups in total. The number of halogens is 1. The van der Waals surface area contributed by atoms with Crippen molar-refractivity contribution in [2.24, 2.45) is 16.2 Å². The van der Waals surface area contributed by atoms with Crippen LogP contribution >= 0.6 is 11.6 Å². The molecule has 6 rings (SSSR count). The van der Waals surface area contributed by atoms with Crippen LogP contribution in [0.25, 0.3) is 0 Å². The van der Waals surface area contributed by atoms with E-state index in [1.165, 1.54) is 29.7 Å². The van der Waals surface area contributed by atoms with E-state index >= 15 is 0 Å². The summed E-state index contributed by atoms with van der Waals surface area (Å²) in [6.45, 7) is 1.87. The third-order valence-electron chi connectivity index (χ3n) is 9.38. The summed E-state index contributed by atoms with van der Waals surface area (Å²) in [5, 5.41) is 0.712. The summed E-state index contributed by atoms with van der Waals surface area (Å²) in [6, 6.07) is 11.3. The highest BCUT2D eigenvalue weighted by atomic mass is 35.5. The Labute approximate surface area is 287 Å². The Kier molecular flexibility index (Phi) is 11.1. The fourth-order valence-corrected chi connectivity index (χ4v) is 8.51. The molecule has 2 aliphatic heterocycles. The van der Waals surface area contributed by atoms with Gasteiger partial charge in [-0.15, -0.1) is 4.36 Å². The maximum absolute atomic E-state index is 14.2. The van der Waals surface area contributed by atoms with Crippen molar-refractivity contribution in [1.82, 2.24) is 14.7 Å². The van der Waals surface area contributed by atoms with Crippen molar-refractivity contribution in [3.8, 4) is 5.75 Å². The van der Waals surface area contributed by atoms with Crippen LogP contribution in [0.1, 0.15) is 65.7 Å². The molecule has 2 amide bonds. The van der Waals surface area contributed by atoms with Crippen molar-refractivity contribution in [3.63, 3.8) is 0 Å². The van der Waals surface area contributed by atoms with Crippen LogP contribution in [0.3, 0.4) is 0 Å². The maximum Gasteiger partial charge on any atom is 0.286 e. The molecule has 3 aromatic rings. The third kappa shape index (κ3) is 8.43. The second-order valence-electron chi connectivity index (χ2n) is 12.7. The summed E-state index contributed by atoms with van der Waals surface area (Å²) in [5.41, 5.74) is 3.86. The van der Waals surface area contributed by atoms with E-state index in [4.69, 9.17) is 21.1 Å². The highest BCUT2D eigenvalue weighted by Gasteiger charge is 2.38. The number of aryl methyl sites for hydroxylation is 1. The van der Waals surface area contributed by atoms with Crippen LogP contribution < -0.4 is 14.4 Å². The fraction of sp³-hybridized carbons (Fsp3) is 0.444. The van der Waals surface area contributed by atoms with Crippen molar-refractivity contribution >= 4 is 39.0 Å². The van der Waals surface area contributed by atoms with Crippen LogP contribution in [-0.4, -0.2) is 58.1 Å². The van der Waals surface area contributed by atoms with Crippen molar-refractivity contribution in [2.45, 2.75) is 64.0 Å². The van der Waals surface area contributed by atoms with E-state index in [0.717, 1.165) is 44.3 Å². The first-order valence-corrected chi connectivity index (χ1v) is 18.7. The lowest BCUT2D eigenvalue weighted by molar-refractivity contribution is -0.118. The van der Waals surface area contributed by atoms with Crippen LogP contribution in [0.2, 0.25) is 5.02 Å². The lowest BCUT2D eigenvalue weighted by Crippen LogP contribution is -2.43. The summed E-state index contributed by atoms with van der Waals surface area (Å²) in [6.07, 6.45) is 14.3. The first kappa shape index (κ1) is 34.1. The zero-order valence-corrected chi connectivity index (χ0v) is 28.8. The number of allylic oxidation sites excluding steroid dienone is 1. The molecule has 4 atom stereocenters. The quantitative estimate of drug-likeness (QED) is 0.325. The predicted molar refractivity (Wildman–Crippen MR) is 186 cm³/mol. The summed E-state index contributed by atoms with van der Waals surface area (Å²) >= 11 is 6.44. The first-order chi connectivity index (χ1) is 23.3. The monoisotopic (exact) mass is 691 g/mol. The molecule has 0 saturated heterocycles. The van der Waals surface area contributed by atoms with Gasteiger partial charge < -0.3 is 14.4 Å². The number of benzene rings is 2. The molecular formula is C36H42ClN5O5S. The molecule has 3 aliphatic rings. The molecule has 2 aromatic carbocycles. The number of nitrogens with zero attached hydrogens (tertiary/aromatic N) is 4. The second kappa shape index (κ2) is 15.6. The molecule has 1 saturated carbocycles. The largest absolute Gasteiger partial charge is 0.491 e. The molecular weight excluding hydrogens is 650 g/mol. The Hall–Kier alpha value is -3.80. The van der Waals surface area contributed by atoms with Gasteiger partial charge in [0, 0.05) is 49.4 Å². The number of fused-ring (bicyclic) bond motifs is 3. The Morgan fingerprint density at radius 3 is 2.81 bits per heavy atom. The van der Waals surface area contributed by atoms with Gasteiger partial charge >= 0.3 is 0 Å². The number of anilines is 1. The Morgan fingerprint density at radius 2 is 2.02 bits per heavy atom. The van der Waals surface area contributed by atoms with Gasteiger partial charge in [0.25, 0.3) is 5.91 Å². The zero-order chi connectivity index (χ0) is 33.5. The Balaban J connectivity index is 1.41. The SMILES string of the molecule is CO[C@H]1/C=C/CCC[S@@](=O)(NC(=O)Cc2cnccn2)=NC(=O)c2ccc3c(c2)N(Cc2ccc(Cl)cc2CCCCO3)C[C@@H]2CC[C@H]21. The van der Waals surface area contributed by atoms with Gasteiger partial charge in [-0.3, -0.25) is 24.3 Å². The maximum atomic E-state index is 14.2. The first-order valence-electron chi connectivity index (χ1n) is 16.6. The molecule has 254 valence electrons. The lowest BCUT2D eigenvalue weighted by atomic mass is 9.70. The number of amides is 2. The van der Waals surface area contributed by atoms with Gasteiger partial charge in [0.15, 0.2) is 0 Å². The molecule has 0 radical (unpaired) electrons. The van der Waals surface area contributed by atoms with Gasteiger partial charge in [-0.25, -0.2) is 4.21 Å². The van der Waals surface area contributed by atoms with Crippen molar-refractivity contribution in [2.75, 3.05) is 30.9 Å². The molecule has 48 heavy (non-hydrogen) atoms. The molecule has 3 heterocycles. The Bertz CT molecular complexity index is 1780. The van der Waals surface area contributed by atoms with E-state index in [9.17, 15) is 13.8 Å². The van der Waals surface area contributed by atoms with Crippen molar-refractivity contribution in [1.29, 1.82) is 0 Å². The predicted octanol–water partition coefficient (Wildman–Crippen LogP) is 6.13. The summed E-state index contributed by atoms with van der Waals surface area (Å²) < 4.78 is 33.3. The van der Waals surface area contributed by atoms with Crippen molar-refractivity contribution in [3.05, 3.63) is 94.5 Å². The molecule has 2 bridgehead atoms. The average Bonchev–Trinajstić information content (AvgIpc) is 3.08. The minimum Gasteiger partial charge on any atom is -0.491 e. The standard InChI is InChI=1S/C36H42ClN5O5S/c1-46-33-8-3-2-6-18-48(45,40-35(43)21-30-22-38-15-16-39-30)41-36(44)26-11-14-34-32(20-26)42(24-28-10-13-31(28)33)23-27-9-12-29(37)19-25(27)7-4-5-17-47-34/h3,8-9,11-12,14-16,19-20,22,28,31,33H,2,4-7,10,13,17-18,21,23-24H2,1H3,(H,40,41,43,44,45)/b8-3+/t28-,31+,33-,48+/m0/s1. The van der Waals surface area contributed by atoms with Gasteiger partial charge in [0.1, 0.15) is 15.7 Å². The summed E-state index contributed by atoms with van der Waals surface area (Å²) in [4.78, 5) is 37.2. The minimum absolute atomic E-state index is 0.0124. The molecule has 0 unspecified atom stereocenters. The van der Waals surface area contributed by atoms with Crippen LogP contribution in [0.4, 0.5) is 5.69 Å². The van der Waals surface area contributed by atoms with Gasteiger partial charge in [-0.1, -0.05) is 29.8 Å². The number of nitrogens with one attached hydrogen (secondary N) is 1. The molecule has 12 heteroatoms.